The van der Waals surface area contributed by atoms with Gasteiger partial charge in [0.05, 0.1) is 6.67 Å². The molecular weight excluding hydrogens is 334 g/mol. The molecule has 1 amide bonds. The van der Waals surface area contributed by atoms with Gasteiger partial charge >= 0.3 is 0 Å². The van der Waals surface area contributed by atoms with Crippen LogP contribution in [0.5, 0.6) is 0 Å². The highest BCUT2D eigenvalue weighted by atomic mass is 32.1. The van der Waals surface area contributed by atoms with Crippen molar-refractivity contribution in [2.45, 2.75) is 45.4 Å². The van der Waals surface area contributed by atoms with E-state index in [9.17, 15) is 4.79 Å². The molecule has 1 aromatic carbocycles. The van der Waals surface area contributed by atoms with E-state index in [-0.39, 0.29) is 5.91 Å². The molecule has 1 aliphatic rings. The van der Waals surface area contributed by atoms with Crippen LogP contribution < -0.4 is 5.32 Å². The maximum Gasteiger partial charge on any atom is 0.251 e. The van der Waals surface area contributed by atoms with Crippen molar-refractivity contribution < 1.29 is 4.79 Å². The largest absolute Gasteiger partial charge is 0.355 e. The molecular formula is C18H25N5OS. The number of carbonyl (C=O) groups excluding carboxylic acids is 1. The van der Waals surface area contributed by atoms with Gasteiger partial charge < -0.3 is 9.88 Å². The van der Waals surface area contributed by atoms with Crippen LogP contribution in [0.15, 0.2) is 24.3 Å². The molecule has 0 atom stereocenters. The molecule has 1 aliphatic carbocycles. The molecule has 25 heavy (non-hydrogen) atoms. The van der Waals surface area contributed by atoms with Crippen molar-refractivity contribution in [1.29, 1.82) is 0 Å². The predicted molar refractivity (Wildman–Crippen MR) is 100.0 cm³/mol. The predicted octanol–water partition coefficient (Wildman–Crippen LogP) is 2.76. The van der Waals surface area contributed by atoms with Gasteiger partial charge in [-0.2, -0.15) is 5.10 Å². The van der Waals surface area contributed by atoms with E-state index in [1.54, 1.807) is 7.05 Å². The molecule has 1 N–H and O–H groups in total. The molecule has 0 bridgehead atoms. The average molecular weight is 359 g/mol. The number of hydrogen-bond donors (Lipinski definition) is 1. The van der Waals surface area contributed by atoms with Crippen molar-refractivity contribution in [3.8, 4) is 0 Å². The van der Waals surface area contributed by atoms with Gasteiger partial charge in [0.1, 0.15) is 5.82 Å². The lowest BCUT2D eigenvalue weighted by Gasteiger charge is -2.16. The zero-order valence-corrected chi connectivity index (χ0v) is 15.8. The molecule has 1 fully saturated rings. The fourth-order valence-electron chi connectivity index (χ4n) is 2.99. The van der Waals surface area contributed by atoms with Gasteiger partial charge in [-0.05, 0) is 56.7 Å². The summed E-state index contributed by atoms with van der Waals surface area (Å²) < 4.78 is 4.87. The SMILES string of the molecule is CCn1c(C2CC2)nn(CN(C)Cc2ccc(C(=O)NC)cc2)c1=S. The van der Waals surface area contributed by atoms with E-state index in [4.69, 9.17) is 17.3 Å². The Labute approximate surface area is 153 Å². The molecule has 2 aromatic rings. The lowest BCUT2D eigenvalue weighted by molar-refractivity contribution is 0.0963. The molecule has 1 saturated carbocycles. The highest BCUT2D eigenvalue weighted by Gasteiger charge is 2.29. The molecule has 0 spiro atoms. The molecule has 7 heteroatoms. The van der Waals surface area contributed by atoms with Gasteiger partial charge in [0.25, 0.3) is 5.91 Å². The zero-order valence-electron chi connectivity index (χ0n) is 15.0. The minimum Gasteiger partial charge on any atom is -0.355 e. The highest BCUT2D eigenvalue weighted by molar-refractivity contribution is 7.71. The topological polar surface area (TPSA) is 55.1 Å². The summed E-state index contributed by atoms with van der Waals surface area (Å²) in [7, 11) is 3.69. The second kappa shape index (κ2) is 7.49. The second-order valence-corrected chi connectivity index (χ2v) is 6.96. The van der Waals surface area contributed by atoms with Gasteiger partial charge in [-0.15, -0.1) is 0 Å². The average Bonchev–Trinajstić information content (AvgIpc) is 3.41. The Morgan fingerprint density at radius 1 is 1.36 bits per heavy atom. The first kappa shape index (κ1) is 17.8. The van der Waals surface area contributed by atoms with Crippen LogP contribution in [0.4, 0.5) is 0 Å². The Balaban J connectivity index is 1.67. The fraction of sp³-hybridized carbons (Fsp3) is 0.500. The highest BCUT2D eigenvalue weighted by Crippen LogP contribution is 2.39. The van der Waals surface area contributed by atoms with Gasteiger partial charge in [-0.25, -0.2) is 4.68 Å². The van der Waals surface area contributed by atoms with Crippen molar-refractivity contribution in [3.63, 3.8) is 0 Å². The van der Waals surface area contributed by atoms with E-state index >= 15 is 0 Å². The molecule has 0 unspecified atom stereocenters. The lowest BCUT2D eigenvalue weighted by Crippen LogP contribution is -2.23. The summed E-state index contributed by atoms with van der Waals surface area (Å²) in [6.45, 7) is 4.41. The van der Waals surface area contributed by atoms with E-state index in [0.717, 1.165) is 29.2 Å². The molecule has 1 heterocycles. The third-order valence-corrected chi connectivity index (χ3v) is 4.91. The maximum absolute atomic E-state index is 11.6. The summed E-state index contributed by atoms with van der Waals surface area (Å²) >= 11 is 5.59. The number of nitrogens with zero attached hydrogens (tertiary/aromatic N) is 4. The van der Waals surface area contributed by atoms with E-state index in [1.165, 1.54) is 12.8 Å². The molecule has 0 saturated heterocycles. The number of aromatic nitrogens is 3. The van der Waals surface area contributed by atoms with Crippen LogP contribution in [-0.4, -0.2) is 39.3 Å². The Kier molecular flexibility index (Phi) is 5.34. The fourth-order valence-corrected chi connectivity index (χ4v) is 3.31. The molecule has 1 aromatic heterocycles. The van der Waals surface area contributed by atoms with Crippen LogP contribution in [0.3, 0.4) is 0 Å². The van der Waals surface area contributed by atoms with Crippen molar-refractivity contribution >= 4 is 18.1 Å². The standard InChI is InChI=1S/C18H25N5OS/c1-4-22-16(14-9-10-14)20-23(18(22)25)12-21(3)11-13-5-7-15(8-6-13)17(24)19-2/h5-8,14H,4,9-12H2,1-3H3,(H,19,24). The summed E-state index contributed by atoms with van der Waals surface area (Å²) in [5, 5.41) is 7.39. The van der Waals surface area contributed by atoms with Crippen LogP contribution in [-0.2, 0) is 19.8 Å². The summed E-state index contributed by atoms with van der Waals surface area (Å²) in [6.07, 6.45) is 2.44. The Hall–Kier alpha value is -1.99. The smallest absolute Gasteiger partial charge is 0.251 e. The number of benzene rings is 1. The molecule has 3 rings (SSSR count). The van der Waals surface area contributed by atoms with Crippen LogP contribution in [0.1, 0.15) is 47.4 Å². The summed E-state index contributed by atoms with van der Waals surface area (Å²) in [4.78, 5) is 13.8. The first-order valence-corrected chi connectivity index (χ1v) is 9.11. The van der Waals surface area contributed by atoms with Gasteiger partial charge in [0.15, 0.2) is 4.77 Å². The van der Waals surface area contributed by atoms with Crippen LogP contribution in [0, 0.1) is 4.77 Å². The van der Waals surface area contributed by atoms with Gasteiger partial charge in [0.2, 0.25) is 0 Å². The zero-order chi connectivity index (χ0) is 18.0. The summed E-state index contributed by atoms with van der Waals surface area (Å²) in [5.41, 5.74) is 1.82. The Morgan fingerprint density at radius 3 is 2.60 bits per heavy atom. The van der Waals surface area contributed by atoms with E-state index < -0.39 is 0 Å². The van der Waals surface area contributed by atoms with Crippen molar-refractivity contribution in [2.75, 3.05) is 14.1 Å². The Bertz CT molecular complexity index is 804. The quantitative estimate of drug-likeness (QED) is 0.773. The monoisotopic (exact) mass is 359 g/mol. The number of hydrogen-bond acceptors (Lipinski definition) is 4. The molecule has 6 nitrogen and oxygen atoms in total. The van der Waals surface area contributed by atoms with E-state index in [2.05, 4.69) is 28.8 Å². The number of amides is 1. The third kappa shape index (κ3) is 3.99. The number of nitrogens with one attached hydrogen (secondary N) is 1. The summed E-state index contributed by atoms with van der Waals surface area (Å²) in [6, 6.07) is 7.68. The summed E-state index contributed by atoms with van der Waals surface area (Å²) in [5.74, 6) is 1.66. The van der Waals surface area contributed by atoms with E-state index in [0.29, 0.717) is 18.2 Å². The van der Waals surface area contributed by atoms with Gasteiger partial charge in [0, 0.05) is 31.6 Å². The van der Waals surface area contributed by atoms with Crippen molar-refractivity contribution in [2.24, 2.45) is 0 Å². The molecule has 134 valence electrons. The molecule has 0 aliphatic heterocycles. The minimum atomic E-state index is -0.0658. The van der Waals surface area contributed by atoms with Gasteiger partial charge in [-0.3, -0.25) is 9.69 Å². The molecule has 0 radical (unpaired) electrons. The Morgan fingerprint density at radius 2 is 2.04 bits per heavy atom. The first-order valence-electron chi connectivity index (χ1n) is 8.70. The number of carbonyl (C=O) groups is 1. The second-order valence-electron chi connectivity index (χ2n) is 6.59. The first-order chi connectivity index (χ1) is 12.0. The van der Waals surface area contributed by atoms with Crippen LogP contribution >= 0.6 is 12.2 Å². The number of rotatable bonds is 7. The third-order valence-electron chi connectivity index (χ3n) is 4.48. The maximum atomic E-state index is 11.6. The van der Waals surface area contributed by atoms with E-state index in [1.807, 2.05) is 28.9 Å². The lowest BCUT2D eigenvalue weighted by atomic mass is 10.1. The minimum absolute atomic E-state index is 0.0658. The normalized spacial score (nSPS) is 14.1. The van der Waals surface area contributed by atoms with Crippen molar-refractivity contribution in [1.82, 2.24) is 24.6 Å². The van der Waals surface area contributed by atoms with Gasteiger partial charge in [-0.1, -0.05) is 12.1 Å². The van der Waals surface area contributed by atoms with Crippen LogP contribution in [0.25, 0.3) is 0 Å². The van der Waals surface area contributed by atoms with Crippen LogP contribution in [0.2, 0.25) is 0 Å². The van der Waals surface area contributed by atoms with Crippen molar-refractivity contribution in [3.05, 3.63) is 46.0 Å².